The van der Waals surface area contributed by atoms with Gasteiger partial charge in [-0.3, -0.25) is 0 Å². The first-order valence-electron chi connectivity index (χ1n) is 6.94. The van der Waals surface area contributed by atoms with Crippen LogP contribution < -0.4 is 10.2 Å². The van der Waals surface area contributed by atoms with Gasteiger partial charge in [-0.15, -0.1) is 0 Å². The van der Waals surface area contributed by atoms with Gasteiger partial charge in [0.25, 0.3) is 0 Å². The number of rotatable bonds is 2. The summed E-state index contributed by atoms with van der Waals surface area (Å²) in [4.78, 5) is 13.8. The van der Waals surface area contributed by atoms with E-state index >= 15 is 0 Å². The van der Waals surface area contributed by atoms with Gasteiger partial charge >= 0.3 is 5.97 Å². The number of methoxy groups -OCH3 is 1. The number of fused-ring (bicyclic) bond motifs is 1. The number of carbonyl (C=O) groups is 1. The predicted molar refractivity (Wildman–Crippen MR) is 74.5 cm³/mol. The minimum absolute atomic E-state index is 0.275. The Labute approximate surface area is 113 Å². The number of nitrogens with zero attached hydrogens (tertiary/aromatic N) is 1. The van der Waals surface area contributed by atoms with E-state index in [-0.39, 0.29) is 5.97 Å². The van der Waals surface area contributed by atoms with Crippen LogP contribution >= 0.6 is 0 Å². The van der Waals surface area contributed by atoms with E-state index in [1.165, 1.54) is 25.6 Å². The maximum Gasteiger partial charge on any atom is 0.337 e. The summed E-state index contributed by atoms with van der Waals surface area (Å²) in [6.45, 7) is 3.34. The summed E-state index contributed by atoms with van der Waals surface area (Å²) in [5.41, 5.74) is 1.81. The van der Waals surface area contributed by atoms with Crippen molar-refractivity contribution in [2.24, 2.45) is 5.92 Å². The summed E-state index contributed by atoms with van der Waals surface area (Å²) in [7, 11) is 1.41. The molecule has 2 unspecified atom stereocenters. The highest BCUT2D eigenvalue weighted by atomic mass is 16.5. The molecule has 2 fully saturated rings. The maximum atomic E-state index is 11.4. The van der Waals surface area contributed by atoms with Crippen molar-refractivity contribution in [3.05, 3.63) is 29.8 Å². The van der Waals surface area contributed by atoms with Crippen LogP contribution in [0.25, 0.3) is 0 Å². The van der Waals surface area contributed by atoms with E-state index in [0.29, 0.717) is 11.6 Å². The van der Waals surface area contributed by atoms with Crippen LogP contribution in [0.3, 0.4) is 0 Å². The third-order valence-electron chi connectivity index (χ3n) is 4.25. The van der Waals surface area contributed by atoms with Gasteiger partial charge in [0.15, 0.2) is 0 Å². The van der Waals surface area contributed by atoms with Crippen LogP contribution in [0.5, 0.6) is 0 Å². The lowest BCUT2D eigenvalue weighted by molar-refractivity contribution is 0.0601. The molecule has 1 aromatic rings. The number of hydrogen-bond acceptors (Lipinski definition) is 4. The number of esters is 1. The molecular formula is C15H20N2O2. The van der Waals surface area contributed by atoms with E-state index in [2.05, 4.69) is 10.2 Å². The van der Waals surface area contributed by atoms with E-state index < -0.39 is 0 Å². The van der Waals surface area contributed by atoms with Gasteiger partial charge in [-0.1, -0.05) is 0 Å². The second-order valence-electron chi connectivity index (χ2n) is 5.41. The Morgan fingerprint density at radius 1 is 1.32 bits per heavy atom. The molecule has 0 saturated carbocycles. The Bertz CT molecular complexity index is 444. The Morgan fingerprint density at radius 3 is 2.79 bits per heavy atom. The van der Waals surface area contributed by atoms with Gasteiger partial charge in [0.2, 0.25) is 0 Å². The summed E-state index contributed by atoms with van der Waals surface area (Å²) in [5.74, 6) is 0.498. The largest absolute Gasteiger partial charge is 0.465 e. The Morgan fingerprint density at radius 2 is 2.11 bits per heavy atom. The number of ether oxygens (including phenoxy) is 1. The zero-order valence-electron chi connectivity index (χ0n) is 11.3. The van der Waals surface area contributed by atoms with Crippen LogP contribution in [-0.4, -0.2) is 38.8 Å². The average Bonchev–Trinajstić information content (AvgIpc) is 2.90. The average molecular weight is 260 g/mol. The fourth-order valence-electron chi connectivity index (χ4n) is 3.18. The van der Waals surface area contributed by atoms with Gasteiger partial charge in [0.05, 0.1) is 12.7 Å². The molecule has 1 aromatic carbocycles. The Kier molecular flexibility index (Phi) is 3.42. The molecule has 0 amide bonds. The highest BCUT2D eigenvalue weighted by molar-refractivity contribution is 5.89. The highest BCUT2D eigenvalue weighted by Gasteiger charge is 2.34. The maximum absolute atomic E-state index is 11.4. The van der Waals surface area contributed by atoms with Crippen LogP contribution in [-0.2, 0) is 4.74 Å². The second-order valence-corrected chi connectivity index (χ2v) is 5.41. The summed E-state index contributed by atoms with van der Waals surface area (Å²) in [5, 5.41) is 3.60. The fourth-order valence-corrected chi connectivity index (χ4v) is 3.18. The summed E-state index contributed by atoms with van der Waals surface area (Å²) in [6.07, 6.45) is 2.62. The van der Waals surface area contributed by atoms with Gasteiger partial charge in [-0.2, -0.15) is 0 Å². The number of piperidine rings is 1. The molecule has 0 aromatic heterocycles. The first-order chi connectivity index (χ1) is 9.28. The van der Waals surface area contributed by atoms with Crippen molar-refractivity contribution in [1.29, 1.82) is 0 Å². The molecular weight excluding hydrogens is 240 g/mol. The number of anilines is 1. The Balaban J connectivity index is 1.71. The molecule has 2 atom stereocenters. The molecule has 0 aliphatic carbocycles. The van der Waals surface area contributed by atoms with E-state index in [4.69, 9.17) is 4.74 Å². The van der Waals surface area contributed by atoms with Crippen molar-refractivity contribution in [2.75, 3.05) is 31.6 Å². The molecule has 2 heterocycles. The molecule has 0 spiro atoms. The van der Waals surface area contributed by atoms with Gasteiger partial charge in [-0.25, -0.2) is 4.79 Å². The lowest BCUT2D eigenvalue weighted by Gasteiger charge is -2.24. The van der Waals surface area contributed by atoms with Gasteiger partial charge in [-0.05, 0) is 49.6 Å². The lowest BCUT2D eigenvalue weighted by atomic mass is 9.94. The lowest BCUT2D eigenvalue weighted by Crippen LogP contribution is -2.40. The van der Waals surface area contributed by atoms with Crippen molar-refractivity contribution in [2.45, 2.75) is 18.9 Å². The molecule has 0 bridgehead atoms. The van der Waals surface area contributed by atoms with Crippen molar-refractivity contribution < 1.29 is 9.53 Å². The molecule has 2 aliphatic rings. The monoisotopic (exact) mass is 260 g/mol. The number of benzene rings is 1. The van der Waals surface area contributed by atoms with Crippen LogP contribution in [0, 0.1) is 5.92 Å². The van der Waals surface area contributed by atoms with Crippen molar-refractivity contribution in [3.63, 3.8) is 0 Å². The fraction of sp³-hybridized carbons (Fsp3) is 0.533. The molecule has 102 valence electrons. The van der Waals surface area contributed by atoms with Crippen LogP contribution in [0.1, 0.15) is 23.2 Å². The zero-order valence-corrected chi connectivity index (χ0v) is 11.3. The SMILES string of the molecule is COC(=O)c1ccc(N2CC3CCCNC3C2)cc1. The molecule has 3 rings (SSSR count). The molecule has 0 radical (unpaired) electrons. The van der Waals surface area contributed by atoms with E-state index in [1.54, 1.807) is 0 Å². The number of nitrogens with one attached hydrogen (secondary N) is 1. The van der Waals surface area contributed by atoms with Crippen LogP contribution in [0.2, 0.25) is 0 Å². The standard InChI is InChI=1S/C15H20N2O2/c1-19-15(18)11-4-6-13(7-5-11)17-9-12-3-2-8-16-14(12)10-17/h4-7,12,14,16H,2-3,8-10H2,1H3. The topological polar surface area (TPSA) is 41.6 Å². The Hall–Kier alpha value is -1.55. The highest BCUT2D eigenvalue weighted by Crippen LogP contribution is 2.29. The molecule has 2 aliphatic heterocycles. The quantitative estimate of drug-likeness (QED) is 0.821. The van der Waals surface area contributed by atoms with Crippen LogP contribution in [0.15, 0.2) is 24.3 Å². The van der Waals surface area contributed by atoms with E-state index in [1.807, 2.05) is 24.3 Å². The third kappa shape index (κ3) is 2.45. The normalized spacial score (nSPS) is 26.1. The minimum Gasteiger partial charge on any atom is -0.465 e. The van der Waals surface area contributed by atoms with Crippen molar-refractivity contribution in [3.8, 4) is 0 Å². The minimum atomic E-state index is -0.275. The van der Waals surface area contributed by atoms with Gasteiger partial charge in [0.1, 0.15) is 0 Å². The second kappa shape index (κ2) is 5.21. The van der Waals surface area contributed by atoms with E-state index in [9.17, 15) is 4.79 Å². The molecule has 1 N–H and O–H groups in total. The van der Waals surface area contributed by atoms with Gasteiger partial charge in [0, 0.05) is 24.8 Å². The molecule has 19 heavy (non-hydrogen) atoms. The van der Waals surface area contributed by atoms with Crippen molar-refractivity contribution >= 4 is 11.7 Å². The molecule has 2 saturated heterocycles. The van der Waals surface area contributed by atoms with Gasteiger partial charge < -0.3 is 15.0 Å². The number of hydrogen-bond donors (Lipinski definition) is 1. The first kappa shape index (κ1) is 12.5. The summed E-state index contributed by atoms with van der Waals surface area (Å²) < 4.78 is 4.72. The smallest absolute Gasteiger partial charge is 0.337 e. The summed E-state index contributed by atoms with van der Waals surface area (Å²) >= 11 is 0. The zero-order chi connectivity index (χ0) is 13.2. The first-order valence-corrected chi connectivity index (χ1v) is 6.94. The summed E-state index contributed by atoms with van der Waals surface area (Å²) in [6, 6.07) is 8.36. The predicted octanol–water partition coefficient (Wildman–Crippen LogP) is 1.66. The molecule has 4 nitrogen and oxygen atoms in total. The third-order valence-corrected chi connectivity index (χ3v) is 4.25. The molecule has 4 heteroatoms. The van der Waals surface area contributed by atoms with Crippen LogP contribution in [0.4, 0.5) is 5.69 Å². The van der Waals surface area contributed by atoms with E-state index in [0.717, 1.165) is 25.6 Å². The van der Waals surface area contributed by atoms with Crippen molar-refractivity contribution in [1.82, 2.24) is 5.32 Å². The number of carbonyl (C=O) groups excluding carboxylic acids is 1.